The predicted molar refractivity (Wildman–Crippen MR) is 78.0 cm³/mol. The highest BCUT2D eigenvalue weighted by Crippen LogP contribution is 2.24. The summed E-state index contributed by atoms with van der Waals surface area (Å²) in [6, 6.07) is -1.40. The number of carboxylic acids is 1. The topological polar surface area (TPSA) is 82.5 Å². The second-order valence-corrected chi connectivity index (χ2v) is 5.96. The van der Waals surface area contributed by atoms with Crippen LogP contribution in [-0.4, -0.2) is 40.1 Å². The fourth-order valence-electron chi connectivity index (χ4n) is 2.06. The van der Waals surface area contributed by atoms with Crippen LogP contribution in [0.5, 0.6) is 0 Å². The maximum absolute atomic E-state index is 12.1. The van der Waals surface area contributed by atoms with Gasteiger partial charge in [0.05, 0.1) is 16.7 Å². The normalized spacial score (nSPS) is 13.7. The van der Waals surface area contributed by atoms with Gasteiger partial charge in [0, 0.05) is 11.9 Å². The number of nitrogens with one attached hydrogen (secondary N) is 1. The Labute approximate surface area is 122 Å². The number of aliphatic carboxylic acids is 1. The molecule has 0 spiro atoms. The molecule has 2 atom stereocenters. The van der Waals surface area contributed by atoms with Gasteiger partial charge in [0.2, 0.25) is 0 Å². The van der Waals surface area contributed by atoms with Crippen molar-refractivity contribution >= 4 is 23.3 Å². The molecular weight excluding hydrogens is 278 g/mol. The Kier molecular flexibility index (Phi) is 5.50. The van der Waals surface area contributed by atoms with E-state index in [2.05, 4.69) is 10.3 Å². The van der Waals surface area contributed by atoms with E-state index in [-0.39, 0.29) is 6.04 Å². The van der Waals surface area contributed by atoms with Crippen molar-refractivity contribution in [1.29, 1.82) is 0 Å². The molecule has 6 nitrogen and oxygen atoms in total. The van der Waals surface area contributed by atoms with Gasteiger partial charge in [0.15, 0.2) is 0 Å². The predicted octanol–water partition coefficient (Wildman–Crippen LogP) is 2.33. The zero-order chi connectivity index (χ0) is 15.4. The van der Waals surface area contributed by atoms with E-state index < -0.39 is 18.0 Å². The third-order valence-corrected chi connectivity index (χ3v) is 4.39. The lowest BCUT2D eigenvalue weighted by Gasteiger charge is -2.25. The van der Waals surface area contributed by atoms with Crippen LogP contribution in [-0.2, 0) is 4.79 Å². The molecule has 1 aromatic rings. The van der Waals surface area contributed by atoms with E-state index in [0.717, 1.165) is 15.6 Å². The quantitative estimate of drug-likeness (QED) is 0.874. The molecule has 7 heteroatoms. The number of amides is 2. The van der Waals surface area contributed by atoms with Crippen LogP contribution >= 0.6 is 11.3 Å². The molecule has 2 unspecified atom stereocenters. The van der Waals surface area contributed by atoms with Crippen LogP contribution in [0, 0.1) is 13.8 Å². The largest absolute Gasteiger partial charge is 0.480 e. The third-order valence-electron chi connectivity index (χ3n) is 3.13. The summed E-state index contributed by atoms with van der Waals surface area (Å²) in [6.45, 7) is 7.42. The van der Waals surface area contributed by atoms with E-state index in [1.165, 1.54) is 23.3 Å². The summed E-state index contributed by atoms with van der Waals surface area (Å²) in [6.07, 6.45) is 0.367. The van der Waals surface area contributed by atoms with Gasteiger partial charge in [-0.1, -0.05) is 6.92 Å². The molecular formula is C13H21N3O3S. The molecule has 0 saturated carbocycles. The fourth-order valence-corrected chi connectivity index (χ4v) is 2.99. The third kappa shape index (κ3) is 3.69. The molecule has 0 radical (unpaired) electrons. The first-order valence-corrected chi connectivity index (χ1v) is 7.29. The zero-order valence-corrected chi connectivity index (χ0v) is 13.2. The van der Waals surface area contributed by atoms with Crippen molar-refractivity contribution < 1.29 is 14.7 Å². The number of carbonyl (C=O) groups excluding carboxylic acids is 1. The van der Waals surface area contributed by atoms with Gasteiger partial charge in [-0.05, 0) is 27.2 Å². The highest BCUT2D eigenvalue weighted by molar-refractivity contribution is 7.11. The Bertz CT molecular complexity index is 501. The minimum atomic E-state index is -0.998. The van der Waals surface area contributed by atoms with Crippen molar-refractivity contribution in [2.45, 2.75) is 46.2 Å². The molecule has 0 bridgehead atoms. The van der Waals surface area contributed by atoms with E-state index >= 15 is 0 Å². The van der Waals surface area contributed by atoms with E-state index in [4.69, 9.17) is 5.11 Å². The van der Waals surface area contributed by atoms with E-state index in [0.29, 0.717) is 6.42 Å². The number of nitrogens with zero attached hydrogens (tertiary/aromatic N) is 2. The maximum Gasteiger partial charge on any atom is 0.326 e. The van der Waals surface area contributed by atoms with Crippen LogP contribution in [0.3, 0.4) is 0 Å². The lowest BCUT2D eigenvalue weighted by Crippen LogP contribution is -2.47. The second-order valence-electron chi connectivity index (χ2n) is 4.73. The molecule has 0 aliphatic carbocycles. The Morgan fingerprint density at radius 1 is 1.45 bits per heavy atom. The van der Waals surface area contributed by atoms with Crippen molar-refractivity contribution in [2.24, 2.45) is 0 Å². The van der Waals surface area contributed by atoms with Crippen molar-refractivity contribution in [3.63, 3.8) is 0 Å². The molecule has 2 N–H and O–H groups in total. The van der Waals surface area contributed by atoms with Crippen LogP contribution in [0.1, 0.15) is 41.9 Å². The summed E-state index contributed by atoms with van der Waals surface area (Å²) >= 11 is 1.54. The Morgan fingerprint density at radius 2 is 2.05 bits per heavy atom. The molecule has 0 fully saturated rings. The fraction of sp³-hybridized carbons (Fsp3) is 0.615. The molecule has 2 amide bonds. The molecule has 112 valence electrons. The lowest BCUT2D eigenvalue weighted by molar-refractivity contribution is -0.141. The molecule has 1 heterocycles. The Morgan fingerprint density at radius 3 is 2.45 bits per heavy atom. The summed E-state index contributed by atoms with van der Waals surface area (Å²) < 4.78 is 0. The summed E-state index contributed by atoms with van der Waals surface area (Å²) in [5, 5.41) is 12.8. The van der Waals surface area contributed by atoms with Gasteiger partial charge in [0.25, 0.3) is 0 Å². The minimum absolute atomic E-state index is 0.192. The molecule has 0 aromatic carbocycles. The van der Waals surface area contributed by atoms with E-state index in [9.17, 15) is 9.59 Å². The highest BCUT2D eigenvalue weighted by Gasteiger charge is 2.26. The first kappa shape index (κ1) is 16.4. The van der Waals surface area contributed by atoms with Crippen LogP contribution in [0.2, 0.25) is 0 Å². The van der Waals surface area contributed by atoms with Gasteiger partial charge in [-0.25, -0.2) is 14.6 Å². The van der Waals surface area contributed by atoms with Gasteiger partial charge >= 0.3 is 12.0 Å². The Hall–Kier alpha value is -1.63. The number of urea groups is 1. The average Bonchev–Trinajstić information content (AvgIpc) is 2.68. The zero-order valence-electron chi connectivity index (χ0n) is 12.4. The summed E-state index contributed by atoms with van der Waals surface area (Å²) in [5.41, 5.74) is 0.897. The van der Waals surface area contributed by atoms with Crippen molar-refractivity contribution in [3.05, 3.63) is 15.6 Å². The number of hydrogen-bond acceptors (Lipinski definition) is 4. The molecule has 0 aliphatic heterocycles. The SMILES string of the molecule is CCC(C(=O)O)N(C)C(=O)NC(C)c1sc(C)nc1C. The van der Waals surface area contributed by atoms with Crippen LogP contribution < -0.4 is 5.32 Å². The highest BCUT2D eigenvalue weighted by atomic mass is 32.1. The molecule has 0 saturated heterocycles. The van der Waals surface area contributed by atoms with E-state index in [1.807, 2.05) is 20.8 Å². The van der Waals surface area contributed by atoms with Crippen LogP contribution in [0.15, 0.2) is 0 Å². The summed E-state index contributed by atoms with van der Waals surface area (Å²) in [4.78, 5) is 29.7. The Balaban J connectivity index is 2.75. The summed E-state index contributed by atoms with van der Waals surface area (Å²) in [7, 11) is 1.50. The summed E-state index contributed by atoms with van der Waals surface area (Å²) in [5.74, 6) is -0.998. The van der Waals surface area contributed by atoms with Gasteiger partial charge in [0.1, 0.15) is 6.04 Å². The molecule has 1 rings (SSSR count). The average molecular weight is 299 g/mol. The number of aromatic nitrogens is 1. The van der Waals surface area contributed by atoms with Crippen molar-refractivity contribution in [1.82, 2.24) is 15.2 Å². The van der Waals surface area contributed by atoms with Gasteiger partial charge in [-0.2, -0.15) is 0 Å². The second kappa shape index (κ2) is 6.69. The number of rotatable bonds is 5. The number of aryl methyl sites for hydroxylation is 2. The van der Waals surface area contributed by atoms with Crippen LogP contribution in [0.4, 0.5) is 4.79 Å². The molecule has 20 heavy (non-hydrogen) atoms. The van der Waals surface area contributed by atoms with Crippen molar-refractivity contribution in [2.75, 3.05) is 7.05 Å². The first-order chi connectivity index (χ1) is 9.27. The monoisotopic (exact) mass is 299 g/mol. The van der Waals surface area contributed by atoms with Gasteiger partial charge in [-0.15, -0.1) is 11.3 Å². The first-order valence-electron chi connectivity index (χ1n) is 6.48. The lowest BCUT2D eigenvalue weighted by atomic mass is 10.2. The van der Waals surface area contributed by atoms with Crippen molar-refractivity contribution in [3.8, 4) is 0 Å². The molecule has 0 aliphatic rings. The maximum atomic E-state index is 12.1. The van der Waals surface area contributed by atoms with Gasteiger partial charge in [-0.3, -0.25) is 0 Å². The minimum Gasteiger partial charge on any atom is -0.480 e. The van der Waals surface area contributed by atoms with Crippen LogP contribution in [0.25, 0.3) is 0 Å². The van der Waals surface area contributed by atoms with E-state index in [1.54, 1.807) is 6.92 Å². The molecule has 1 aromatic heterocycles. The number of thiazole rings is 1. The smallest absolute Gasteiger partial charge is 0.326 e. The number of likely N-dealkylation sites (N-methyl/N-ethyl adjacent to an activating group) is 1. The standard InChI is InChI=1S/C13H21N3O3S/c1-6-10(12(17)18)16(5)13(19)15-8(3)11-7(2)14-9(4)20-11/h8,10H,6H2,1-5H3,(H,15,19)(H,17,18). The number of carboxylic acid groups (broad SMARTS) is 1. The van der Waals surface area contributed by atoms with Gasteiger partial charge < -0.3 is 15.3 Å². The number of carbonyl (C=O) groups is 2. The number of hydrogen-bond donors (Lipinski definition) is 2.